The number of carbonyl (C=O) groups excluding carboxylic acids is 2. The fraction of sp³-hybridized carbons (Fsp3) is 0.406. The third-order valence-electron chi connectivity index (χ3n) is 7.42. The largest absolute Gasteiger partial charge is 0.493 e. The molecule has 0 bridgehead atoms. The molecule has 1 aliphatic rings. The molecule has 2 heterocycles. The number of nitrogen functional groups attached to an aromatic ring is 1. The minimum absolute atomic E-state index is 0.217. The van der Waals surface area contributed by atoms with Crippen LogP contribution < -0.4 is 15.2 Å². The zero-order chi connectivity index (χ0) is 28.8. The standard InChI is InChI=1S/C32H37N5O4/c1-3-5-7-9-14-40-24-13-11-12-22-26(24)30(39)27-23(29(22)38)16-21(17-25(27)41-15-10-8-6-4-2)18-37-20-36-28-31(33)34-19-35-32(28)37/h11-13,16-17,19-20H,3-10,14-15,18H2,1-2H3,(H2,33,34,35). The van der Waals surface area contributed by atoms with E-state index in [1.165, 1.54) is 6.33 Å². The topological polar surface area (TPSA) is 122 Å². The van der Waals surface area contributed by atoms with Gasteiger partial charge in [0.1, 0.15) is 23.3 Å². The molecular formula is C32H37N5O4. The fourth-order valence-electron chi connectivity index (χ4n) is 5.27. The molecule has 0 fully saturated rings. The van der Waals surface area contributed by atoms with Crippen LogP contribution in [0.25, 0.3) is 11.2 Å². The number of hydrogen-bond acceptors (Lipinski definition) is 8. The highest BCUT2D eigenvalue weighted by Crippen LogP contribution is 2.38. The van der Waals surface area contributed by atoms with Crippen molar-refractivity contribution in [2.24, 2.45) is 0 Å². The van der Waals surface area contributed by atoms with Crippen LogP contribution in [0, 0.1) is 0 Å². The molecule has 0 atom stereocenters. The van der Waals surface area contributed by atoms with Crippen LogP contribution >= 0.6 is 0 Å². The number of nitrogens with two attached hydrogens (primary N) is 1. The summed E-state index contributed by atoms with van der Waals surface area (Å²) in [5, 5.41) is 0. The summed E-state index contributed by atoms with van der Waals surface area (Å²) in [4.78, 5) is 40.6. The van der Waals surface area contributed by atoms with E-state index >= 15 is 0 Å². The van der Waals surface area contributed by atoms with Crippen molar-refractivity contribution < 1.29 is 19.1 Å². The predicted octanol–water partition coefficient (Wildman–Crippen LogP) is 6.15. The van der Waals surface area contributed by atoms with Crippen LogP contribution in [0.5, 0.6) is 11.5 Å². The maximum atomic E-state index is 14.0. The zero-order valence-corrected chi connectivity index (χ0v) is 23.8. The minimum Gasteiger partial charge on any atom is -0.493 e. The van der Waals surface area contributed by atoms with Crippen molar-refractivity contribution in [1.29, 1.82) is 0 Å². The third-order valence-corrected chi connectivity index (χ3v) is 7.42. The molecule has 2 N–H and O–H groups in total. The molecule has 9 heteroatoms. The Morgan fingerprint density at radius 1 is 0.780 bits per heavy atom. The molecule has 0 saturated heterocycles. The molecule has 0 amide bonds. The van der Waals surface area contributed by atoms with Crippen LogP contribution in [-0.2, 0) is 6.54 Å². The van der Waals surface area contributed by atoms with Gasteiger partial charge in [0.05, 0.1) is 37.2 Å². The number of hydrogen-bond donors (Lipinski definition) is 1. The van der Waals surface area contributed by atoms with Gasteiger partial charge in [-0.1, -0.05) is 64.5 Å². The van der Waals surface area contributed by atoms with E-state index in [0.29, 0.717) is 70.5 Å². The van der Waals surface area contributed by atoms with Gasteiger partial charge in [0, 0.05) is 11.1 Å². The molecular weight excluding hydrogens is 518 g/mol. The summed E-state index contributed by atoms with van der Waals surface area (Å²) in [6.07, 6.45) is 11.4. The summed E-state index contributed by atoms with van der Waals surface area (Å²) in [6.45, 7) is 5.63. The van der Waals surface area contributed by atoms with Gasteiger partial charge in [-0.05, 0) is 36.6 Å². The van der Waals surface area contributed by atoms with E-state index in [1.807, 2.05) is 10.6 Å². The summed E-state index contributed by atoms with van der Waals surface area (Å²) >= 11 is 0. The van der Waals surface area contributed by atoms with Gasteiger partial charge >= 0.3 is 0 Å². The van der Waals surface area contributed by atoms with Crippen LogP contribution in [0.3, 0.4) is 0 Å². The van der Waals surface area contributed by atoms with E-state index in [0.717, 1.165) is 56.9 Å². The summed E-state index contributed by atoms with van der Waals surface area (Å²) in [5.74, 6) is 0.696. The first-order valence-corrected chi connectivity index (χ1v) is 14.6. The van der Waals surface area contributed by atoms with Crippen molar-refractivity contribution in [3.05, 3.63) is 70.8 Å². The molecule has 0 aliphatic heterocycles. The molecule has 0 spiro atoms. The lowest BCUT2D eigenvalue weighted by Gasteiger charge is -2.23. The van der Waals surface area contributed by atoms with Gasteiger partial charge in [-0.3, -0.25) is 9.59 Å². The first-order chi connectivity index (χ1) is 20.0. The monoisotopic (exact) mass is 555 g/mol. The second-order valence-corrected chi connectivity index (χ2v) is 10.5. The van der Waals surface area contributed by atoms with E-state index in [-0.39, 0.29) is 11.6 Å². The van der Waals surface area contributed by atoms with Crippen molar-refractivity contribution in [2.45, 2.75) is 71.8 Å². The number of benzene rings is 2. The highest BCUT2D eigenvalue weighted by atomic mass is 16.5. The normalized spacial score (nSPS) is 12.4. The molecule has 41 heavy (non-hydrogen) atoms. The average molecular weight is 556 g/mol. The maximum Gasteiger partial charge on any atom is 0.201 e. The van der Waals surface area contributed by atoms with E-state index in [9.17, 15) is 9.59 Å². The number of fused-ring (bicyclic) bond motifs is 3. The smallest absolute Gasteiger partial charge is 0.201 e. The fourth-order valence-corrected chi connectivity index (χ4v) is 5.27. The minimum atomic E-state index is -0.248. The van der Waals surface area contributed by atoms with Crippen LogP contribution in [0.4, 0.5) is 5.82 Å². The lowest BCUT2D eigenvalue weighted by Crippen LogP contribution is -2.24. The zero-order valence-electron chi connectivity index (χ0n) is 23.8. The van der Waals surface area contributed by atoms with E-state index < -0.39 is 0 Å². The van der Waals surface area contributed by atoms with Gasteiger partial charge in [0.2, 0.25) is 5.78 Å². The Labute approximate surface area is 240 Å². The SMILES string of the molecule is CCCCCCOc1cccc2c1C(=O)c1c(OCCCCCC)cc(Cn3cnc4c(N)ncnc43)cc1C2=O. The number of imidazole rings is 1. The number of unbranched alkanes of at least 4 members (excludes halogenated alkanes) is 6. The first-order valence-electron chi connectivity index (χ1n) is 14.6. The molecule has 0 saturated carbocycles. The molecule has 2 aromatic heterocycles. The second-order valence-electron chi connectivity index (χ2n) is 10.5. The Hall–Kier alpha value is -4.27. The quantitative estimate of drug-likeness (QED) is 0.162. The number of rotatable bonds is 14. The van der Waals surface area contributed by atoms with Crippen molar-refractivity contribution in [3.63, 3.8) is 0 Å². The lowest BCUT2D eigenvalue weighted by molar-refractivity contribution is 0.0971. The van der Waals surface area contributed by atoms with E-state index in [1.54, 1.807) is 30.6 Å². The number of nitrogens with zero attached hydrogens (tertiary/aromatic N) is 4. The van der Waals surface area contributed by atoms with Gasteiger partial charge in [0.25, 0.3) is 0 Å². The number of aromatic nitrogens is 4. The Bertz CT molecular complexity index is 1560. The Morgan fingerprint density at radius 3 is 2.22 bits per heavy atom. The highest BCUT2D eigenvalue weighted by Gasteiger charge is 2.35. The molecule has 4 aromatic rings. The van der Waals surface area contributed by atoms with E-state index in [2.05, 4.69) is 28.8 Å². The van der Waals surface area contributed by atoms with Crippen LogP contribution in [0.1, 0.15) is 103 Å². The molecule has 5 rings (SSSR count). The number of ether oxygens (including phenoxy) is 2. The number of ketones is 2. The van der Waals surface area contributed by atoms with Gasteiger partial charge < -0.3 is 19.8 Å². The van der Waals surface area contributed by atoms with Gasteiger partial charge in [-0.25, -0.2) is 15.0 Å². The van der Waals surface area contributed by atoms with Crippen molar-refractivity contribution in [1.82, 2.24) is 19.5 Å². The molecule has 0 unspecified atom stereocenters. The molecule has 2 aromatic carbocycles. The third kappa shape index (κ3) is 5.94. The summed E-state index contributed by atoms with van der Waals surface area (Å²) in [5.41, 5.74) is 9.17. The predicted molar refractivity (Wildman–Crippen MR) is 158 cm³/mol. The Morgan fingerprint density at radius 2 is 1.49 bits per heavy atom. The second kappa shape index (κ2) is 12.9. The Kier molecular flexibility index (Phi) is 8.91. The van der Waals surface area contributed by atoms with Crippen molar-refractivity contribution in [3.8, 4) is 11.5 Å². The van der Waals surface area contributed by atoms with Crippen LogP contribution in [-0.4, -0.2) is 44.3 Å². The first kappa shape index (κ1) is 28.3. The Balaban J connectivity index is 1.50. The van der Waals surface area contributed by atoms with Crippen LogP contribution in [0.2, 0.25) is 0 Å². The summed E-state index contributed by atoms with van der Waals surface area (Å²) < 4.78 is 14.1. The van der Waals surface area contributed by atoms with Gasteiger partial charge in [0.15, 0.2) is 17.2 Å². The molecule has 1 aliphatic carbocycles. The number of carbonyl (C=O) groups is 2. The molecule has 0 radical (unpaired) electrons. The maximum absolute atomic E-state index is 14.0. The van der Waals surface area contributed by atoms with Crippen molar-refractivity contribution >= 4 is 28.5 Å². The average Bonchev–Trinajstić information content (AvgIpc) is 3.39. The molecule has 214 valence electrons. The van der Waals surface area contributed by atoms with Gasteiger partial charge in [-0.15, -0.1) is 0 Å². The van der Waals surface area contributed by atoms with Gasteiger partial charge in [-0.2, -0.15) is 0 Å². The lowest BCUT2D eigenvalue weighted by atomic mass is 9.82. The molecule has 9 nitrogen and oxygen atoms in total. The summed E-state index contributed by atoms with van der Waals surface area (Å²) in [7, 11) is 0. The highest BCUT2D eigenvalue weighted by molar-refractivity contribution is 6.30. The van der Waals surface area contributed by atoms with E-state index in [4.69, 9.17) is 15.2 Å². The number of anilines is 1. The van der Waals surface area contributed by atoms with Crippen LogP contribution in [0.15, 0.2) is 43.0 Å². The van der Waals surface area contributed by atoms with Crippen molar-refractivity contribution in [2.75, 3.05) is 18.9 Å². The summed E-state index contributed by atoms with van der Waals surface area (Å²) in [6, 6.07) is 8.86.